The second kappa shape index (κ2) is 11.3. The van der Waals surface area contributed by atoms with Gasteiger partial charge in [-0.1, -0.05) is 23.7 Å². The Balaban J connectivity index is 1.36. The molecule has 13 heteroatoms. The molecular weight excluding hydrogens is 546 g/mol. The van der Waals surface area contributed by atoms with Crippen molar-refractivity contribution in [1.82, 2.24) is 30.0 Å². The van der Waals surface area contributed by atoms with E-state index in [4.69, 9.17) is 16.3 Å². The first-order chi connectivity index (χ1) is 19.2. The van der Waals surface area contributed by atoms with Crippen molar-refractivity contribution in [1.29, 1.82) is 0 Å². The van der Waals surface area contributed by atoms with Gasteiger partial charge in [0, 0.05) is 49.3 Å². The van der Waals surface area contributed by atoms with Gasteiger partial charge in [-0.25, -0.2) is 18.7 Å². The number of halogens is 3. The number of likely N-dealkylation sites (tertiary alicyclic amines) is 1. The summed E-state index contributed by atoms with van der Waals surface area (Å²) in [5, 5.41) is 7.28. The van der Waals surface area contributed by atoms with Crippen molar-refractivity contribution >= 4 is 40.1 Å². The number of hydrogen-bond donors (Lipinski definition) is 1. The standard InChI is InChI=1S/C27H23ClF2N6O4/c1-15(37)25-19-7-6-18(40-27-31-8-3-9-32-27)11-21(19)36(34-25)14-23(38)35-13-17(29)10-22(35)26(39)33-12-16-4-2-5-20(28)24(16)30/h2-9,11,17,22H,10,12-14H2,1H3,(H,33,39)/t17-,22+/m1/s1. The molecule has 1 fully saturated rings. The quantitative estimate of drug-likeness (QED) is 0.320. The first-order valence-corrected chi connectivity index (χ1v) is 12.7. The van der Waals surface area contributed by atoms with Gasteiger partial charge in [-0.3, -0.25) is 19.1 Å². The fraction of sp³-hybridized carbons (Fsp3) is 0.259. The number of alkyl halides is 1. The summed E-state index contributed by atoms with van der Waals surface area (Å²) in [5.41, 5.74) is 0.723. The number of amides is 2. The molecular formula is C27H23ClF2N6O4. The van der Waals surface area contributed by atoms with Crippen LogP contribution in [0.25, 0.3) is 10.9 Å². The summed E-state index contributed by atoms with van der Waals surface area (Å²) in [6.45, 7) is 0.517. The molecule has 1 aliphatic heterocycles. The van der Waals surface area contributed by atoms with Gasteiger partial charge in [0.25, 0.3) is 0 Å². The predicted molar refractivity (Wildman–Crippen MR) is 140 cm³/mol. The van der Waals surface area contributed by atoms with Gasteiger partial charge in [0.1, 0.15) is 36.0 Å². The minimum Gasteiger partial charge on any atom is -0.424 e. The zero-order valence-electron chi connectivity index (χ0n) is 21.2. The molecule has 2 amide bonds. The maximum atomic E-state index is 14.4. The lowest BCUT2D eigenvalue weighted by molar-refractivity contribution is -0.139. The van der Waals surface area contributed by atoms with Crippen LogP contribution in [0.3, 0.4) is 0 Å². The fourth-order valence-electron chi connectivity index (χ4n) is 4.55. The third-order valence-corrected chi connectivity index (χ3v) is 6.74. The van der Waals surface area contributed by atoms with Crippen LogP contribution < -0.4 is 10.1 Å². The van der Waals surface area contributed by atoms with Crippen molar-refractivity contribution in [3.8, 4) is 11.8 Å². The van der Waals surface area contributed by atoms with E-state index < -0.39 is 29.8 Å². The zero-order chi connectivity index (χ0) is 28.4. The van der Waals surface area contributed by atoms with E-state index in [0.29, 0.717) is 16.7 Å². The molecule has 0 spiro atoms. The van der Waals surface area contributed by atoms with Crippen LogP contribution in [0.5, 0.6) is 11.8 Å². The highest BCUT2D eigenvalue weighted by Gasteiger charge is 2.40. The largest absolute Gasteiger partial charge is 0.424 e. The second-order valence-corrected chi connectivity index (χ2v) is 9.61. The SMILES string of the molecule is CC(=O)c1nn(CC(=O)N2C[C@H](F)C[C@H]2C(=O)NCc2cccc(Cl)c2F)c2cc(Oc3ncccn3)ccc12. The summed E-state index contributed by atoms with van der Waals surface area (Å²) in [5.74, 6) is -1.83. The van der Waals surface area contributed by atoms with E-state index >= 15 is 0 Å². The molecule has 0 aliphatic carbocycles. The van der Waals surface area contributed by atoms with Gasteiger partial charge in [0.15, 0.2) is 5.78 Å². The van der Waals surface area contributed by atoms with Gasteiger partial charge in [0.05, 0.1) is 17.1 Å². The molecule has 3 heterocycles. The summed E-state index contributed by atoms with van der Waals surface area (Å²) in [6.07, 6.45) is 1.41. The summed E-state index contributed by atoms with van der Waals surface area (Å²) in [7, 11) is 0. The van der Waals surface area contributed by atoms with Crippen LogP contribution >= 0.6 is 11.6 Å². The second-order valence-electron chi connectivity index (χ2n) is 9.20. The van der Waals surface area contributed by atoms with Crippen LogP contribution in [0.2, 0.25) is 5.02 Å². The zero-order valence-corrected chi connectivity index (χ0v) is 21.9. The lowest BCUT2D eigenvalue weighted by Gasteiger charge is -2.24. The molecule has 1 N–H and O–H groups in total. The van der Waals surface area contributed by atoms with E-state index in [0.717, 1.165) is 4.90 Å². The number of aromatic nitrogens is 4. The smallest absolute Gasteiger partial charge is 0.321 e. The number of fused-ring (bicyclic) bond motifs is 1. The number of ketones is 1. The Bertz CT molecular complexity index is 1600. The summed E-state index contributed by atoms with van der Waals surface area (Å²) in [4.78, 5) is 47.7. The molecule has 0 bridgehead atoms. The Morgan fingerprint density at radius 3 is 2.67 bits per heavy atom. The van der Waals surface area contributed by atoms with Gasteiger partial charge in [-0.2, -0.15) is 5.10 Å². The third kappa shape index (κ3) is 5.62. The molecule has 5 rings (SSSR count). The van der Waals surface area contributed by atoms with E-state index in [9.17, 15) is 23.2 Å². The van der Waals surface area contributed by atoms with Crippen LogP contribution in [0, 0.1) is 5.82 Å². The molecule has 2 aromatic carbocycles. The lowest BCUT2D eigenvalue weighted by atomic mass is 10.1. The summed E-state index contributed by atoms with van der Waals surface area (Å²) < 4.78 is 35.6. The maximum Gasteiger partial charge on any atom is 0.321 e. The number of ether oxygens (including phenoxy) is 1. The van der Waals surface area contributed by atoms with E-state index in [1.54, 1.807) is 30.3 Å². The number of hydrogen-bond acceptors (Lipinski definition) is 7. The Hall–Kier alpha value is -4.45. The van der Waals surface area contributed by atoms with Crippen molar-refractivity contribution in [3.63, 3.8) is 0 Å². The summed E-state index contributed by atoms with van der Waals surface area (Å²) in [6, 6.07) is 9.88. The third-order valence-electron chi connectivity index (χ3n) is 6.45. The van der Waals surface area contributed by atoms with Crippen molar-refractivity contribution < 1.29 is 27.9 Å². The van der Waals surface area contributed by atoms with Crippen LogP contribution in [0.1, 0.15) is 29.4 Å². The molecule has 2 atom stereocenters. The number of nitrogens with zero attached hydrogens (tertiary/aromatic N) is 5. The molecule has 0 unspecified atom stereocenters. The van der Waals surface area contributed by atoms with E-state index in [2.05, 4.69) is 20.4 Å². The van der Waals surface area contributed by atoms with Gasteiger partial charge < -0.3 is 15.0 Å². The molecule has 1 aliphatic rings. The van der Waals surface area contributed by atoms with Crippen molar-refractivity contribution in [2.45, 2.75) is 38.6 Å². The van der Waals surface area contributed by atoms with Gasteiger partial charge in [-0.05, 0) is 24.3 Å². The average Bonchev–Trinajstić information content (AvgIpc) is 3.50. The minimum absolute atomic E-state index is 0.0885. The van der Waals surface area contributed by atoms with E-state index in [-0.39, 0.29) is 54.1 Å². The highest BCUT2D eigenvalue weighted by molar-refractivity contribution is 6.30. The molecule has 4 aromatic rings. The highest BCUT2D eigenvalue weighted by Crippen LogP contribution is 2.28. The van der Waals surface area contributed by atoms with Gasteiger partial charge >= 0.3 is 6.01 Å². The Labute approximate surface area is 231 Å². The van der Waals surface area contributed by atoms with Crippen LogP contribution in [-0.2, 0) is 22.7 Å². The summed E-state index contributed by atoms with van der Waals surface area (Å²) >= 11 is 5.80. The van der Waals surface area contributed by atoms with Crippen molar-refractivity contribution in [3.05, 3.63) is 77.0 Å². The Morgan fingerprint density at radius 2 is 1.93 bits per heavy atom. The van der Waals surface area contributed by atoms with E-state index in [1.807, 2.05) is 0 Å². The van der Waals surface area contributed by atoms with Crippen LogP contribution in [0.15, 0.2) is 54.9 Å². The number of carbonyl (C=O) groups excluding carboxylic acids is 3. The minimum atomic E-state index is -1.42. The predicted octanol–water partition coefficient (Wildman–Crippen LogP) is 3.87. The normalized spacial score (nSPS) is 16.8. The average molecular weight is 569 g/mol. The molecule has 1 saturated heterocycles. The fourth-order valence-corrected chi connectivity index (χ4v) is 4.75. The molecule has 0 saturated carbocycles. The highest BCUT2D eigenvalue weighted by atomic mass is 35.5. The molecule has 206 valence electrons. The molecule has 0 radical (unpaired) electrons. The number of nitrogens with one attached hydrogen (secondary N) is 1. The van der Waals surface area contributed by atoms with Crippen LogP contribution in [-0.4, -0.2) is 61.0 Å². The maximum absolute atomic E-state index is 14.4. The first-order valence-electron chi connectivity index (χ1n) is 12.3. The van der Waals surface area contributed by atoms with Crippen molar-refractivity contribution in [2.24, 2.45) is 0 Å². The molecule has 10 nitrogen and oxygen atoms in total. The number of rotatable bonds is 8. The van der Waals surface area contributed by atoms with Crippen LogP contribution in [0.4, 0.5) is 8.78 Å². The lowest BCUT2D eigenvalue weighted by Crippen LogP contribution is -2.46. The Kier molecular flexibility index (Phi) is 7.69. The number of benzene rings is 2. The van der Waals surface area contributed by atoms with Crippen molar-refractivity contribution in [2.75, 3.05) is 6.54 Å². The first kappa shape index (κ1) is 27.1. The van der Waals surface area contributed by atoms with E-state index in [1.165, 1.54) is 36.1 Å². The molecule has 40 heavy (non-hydrogen) atoms. The number of Topliss-reactive ketones (excluding diaryl/α,β-unsaturated/α-hetero) is 1. The topological polar surface area (TPSA) is 119 Å². The molecule has 2 aromatic heterocycles. The Morgan fingerprint density at radius 1 is 1.15 bits per heavy atom. The van der Waals surface area contributed by atoms with Gasteiger partial charge in [-0.15, -0.1) is 0 Å². The number of carbonyl (C=O) groups is 3. The monoisotopic (exact) mass is 568 g/mol. The van der Waals surface area contributed by atoms with Gasteiger partial charge in [0.2, 0.25) is 11.8 Å².